The van der Waals surface area contributed by atoms with E-state index in [-0.39, 0.29) is 22.3 Å². The van der Waals surface area contributed by atoms with Gasteiger partial charge in [0.15, 0.2) is 5.84 Å². The predicted octanol–water partition coefficient (Wildman–Crippen LogP) is 1.06. The van der Waals surface area contributed by atoms with E-state index >= 15 is 0 Å². The van der Waals surface area contributed by atoms with Crippen LogP contribution in [0.4, 0.5) is 11.4 Å². The van der Waals surface area contributed by atoms with Gasteiger partial charge >= 0.3 is 11.9 Å². The quantitative estimate of drug-likeness (QED) is 0.117. The van der Waals surface area contributed by atoms with Gasteiger partial charge in [-0.15, -0.1) is 0 Å². The average Bonchev–Trinajstić information content (AvgIpc) is 2.87. The molecule has 34 heavy (non-hydrogen) atoms. The Labute approximate surface area is 190 Å². The molecule has 180 valence electrons. The van der Waals surface area contributed by atoms with Gasteiger partial charge in [-0.2, -0.15) is 5.26 Å². The molecule has 0 atom stereocenters. The second-order valence-corrected chi connectivity index (χ2v) is 5.56. The SMILES string of the molecule is COC(=O)c1ccc(/C(N)=N/O)c([N+](=O)[O-])c1.COC(=O)c1ccc(C#N)c([N+](=O)[O-])c1.NO. The Bertz CT molecular complexity index is 1140. The lowest BCUT2D eigenvalue weighted by atomic mass is 10.1. The van der Waals surface area contributed by atoms with Crippen molar-refractivity contribution in [1.29, 1.82) is 5.26 Å². The van der Waals surface area contributed by atoms with Crippen molar-refractivity contribution in [3.05, 3.63) is 78.9 Å². The summed E-state index contributed by atoms with van der Waals surface area (Å²) in [5, 5.41) is 47.5. The molecule has 0 saturated heterocycles. The fourth-order valence-corrected chi connectivity index (χ4v) is 2.22. The molecule has 0 unspecified atom stereocenters. The van der Waals surface area contributed by atoms with E-state index in [1.54, 1.807) is 6.07 Å². The number of nitro benzene ring substituents is 2. The van der Waals surface area contributed by atoms with Crippen LogP contribution in [0.5, 0.6) is 0 Å². The number of amidine groups is 1. The molecule has 0 spiro atoms. The van der Waals surface area contributed by atoms with E-state index in [4.69, 9.17) is 21.4 Å². The van der Waals surface area contributed by atoms with Gasteiger partial charge in [0, 0.05) is 12.1 Å². The van der Waals surface area contributed by atoms with Crippen LogP contribution in [0.2, 0.25) is 0 Å². The molecule has 0 radical (unpaired) electrons. The van der Waals surface area contributed by atoms with Gasteiger partial charge < -0.3 is 25.6 Å². The van der Waals surface area contributed by atoms with E-state index in [0.717, 1.165) is 19.2 Å². The predicted molar refractivity (Wildman–Crippen MR) is 112 cm³/mol. The molecule has 2 aromatic rings. The van der Waals surface area contributed by atoms with Crippen molar-refractivity contribution in [3.8, 4) is 6.07 Å². The Morgan fingerprint density at radius 1 is 0.971 bits per heavy atom. The summed E-state index contributed by atoms with van der Waals surface area (Å²) in [5.74, 6) is 1.70. The first-order valence-electron chi connectivity index (χ1n) is 8.48. The standard InChI is InChI=1S/C9H9N3O5.C9H6N2O4.H3NO/c1-17-9(13)5-2-3-6(8(10)11-14)7(4-5)12(15)16;1-15-9(12)6-2-3-7(5-10)8(4-6)11(13)14;1-2/h2-4,14H,1H3,(H2,10,11);2-4H,1H3;2H,1H2. The molecule has 0 aliphatic rings. The third-order valence-corrected chi connectivity index (χ3v) is 3.74. The Hall–Kier alpha value is -5.14. The summed E-state index contributed by atoms with van der Waals surface area (Å²) in [6.07, 6.45) is 0. The number of nitrogens with two attached hydrogens (primary N) is 2. The summed E-state index contributed by atoms with van der Waals surface area (Å²) in [7, 11) is 2.33. The highest BCUT2D eigenvalue weighted by atomic mass is 16.6. The largest absolute Gasteiger partial charge is 0.465 e. The van der Waals surface area contributed by atoms with Gasteiger partial charge in [-0.3, -0.25) is 20.2 Å². The van der Waals surface area contributed by atoms with Crippen LogP contribution in [0, 0.1) is 31.6 Å². The number of esters is 2. The first-order chi connectivity index (χ1) is 16.1. The van der Waals surface area contributed by atoms with Gasteiger partial charge in [0.1, 0.15) is 11.6 Å². The van der Waals surface area contributed by atoms with Crippen molar-refractivity contribution in [2.75, 3.05) is 14.2 Å². The molecule has 16 heteroatoms. The van der Waals surface area contributed by atoms with Gasteiger partial charge in [0.05, 0.1) is 40.8 Å². The van der Waals surface area contributed by atoms with Gasteiger partial charge in [-0.1, -0.05) is 5.16 Å². The third kappa shape index (κ3) is 7.52. The van der Waals surface area contributed by atoms with E-state index in [9.17, 15) is 29.8 Å². The first kappa shape index (κ1) is 28.9. The molecule has 0 fully saturated rings. The number of nitrogens with zero attached hydrogens (tertiary/aromatic N) is 4. The summed E-state index contributed by atoms with van der Waals surface area (Å²) in [4.78, 5) is 42.1. The summed E-state index contributed by atoms with van der Waals surface area (Å²) >= 11 is 0. The van der Waals surface area contributed by atoms with Crippen molar-refractivity contribution < 1.29 is 39.3 Å². The van der Waals surface area contributed by atoms with Crippen LogP contribution in [0.25, 0.3) is 0 Å². The number of carbonyl (C=O) groups is 2. The zero-order chi connectivity index (χ0) is 26.4. The van der Waals surface area contributed by atoms with E-state index in [0.29, 0.717) is 0 Å². The molecule has 2 aromatic carbocycles. The van der Waals surface area contributed by atoms with Crippen molar-refractivity contribution in [1.82, 2.24) is 0 Å². The lowest BCUT2D eigenvalue weighted by molar-refractivity contribution is -0.385. The molecule has 6 N–H and O–H groups in total. The fourth-order valence-electron chi connectivity index (χ4n) is 2.22. The summed E-state index contributed by atoms with van der Waals surface area (Å²) in [5.41, 5.74) is 4.31. The third-order valence-electron chi connectivity index (χ3n) is 3.74. The monoisotopic (exact) mass is 478 g/mol. The molecule has 0 aromatic heterocycles. The molecule has 0 heterocycles. The van der Waals surface area contributed by atoms with Crippen LogP contribution in [0.1, 0.15) is 31.8 Å². The van der Waals surface area contributed by atoms with E-state index in [2.05, 4.69) is 20.5 Å². The van der Waals surface area contributed by atoms with Crippen LogP contribution in [-0.2, 0) is 9.47 Å². The minimum atomic E-state index is -0.736. The number of hydrogen-bond donors (Lipinski definition) is 4. The maximum atomic E-state index is 11.2. The molecule has 0 saturated carbocycles. The number of hydrogen-bond acceptors (Lipinski definition) is 13. The Kier molecular flexibility index (Phi) is 11.9. The highest BCUT2D eigenvalue weighted by molar-refractivity contribution is 6.02. The number of ether oxygens (including phenoxy) is 2. The highest BCUT2D eigenvalue weighted by Crippen LogP contribution is 2.21. The smallest absolute Gasteiger partial charge is 0.338 e. The normalized spacial score (nSPS) is 9.68. The second-order valence-electron chi connectivity index (χ2n) is 5.56. The van der Waals surface area contributed by atoms with Gasteiger partial charge in [0.2, 0.25) is 0 Å². The fraction of sp³-hybridized carbons (Fsp3) is 0.111. The zero-order valence-corrected chi connectivity index (χ0v) is 17.6. The first-order valence-corrected chi connectivity index (χ1v) is 8.48. The number of nitriles is 1. The molecule has 0 amide bonds. The van der Waals surface area contributed by atoms with Crippen molar-refractivity contribution in [3.63, 3.8) is 0 Å². The number of methoxy groups -OCH3 is 2. The maximum Gasteiger partial charge on any atom is 0.338 e. The van der Waals surface area contributed by atoms with E-state index in [1.807, 2.05) is 0 Å². The Balaban J connectivity index is 0.000000601. The van der Waals surface area contributed by atoms with Crippen LogP contribution in [0.15, 0.2) is 41.6 Å². The summed E-state index contributed by atoms with van der Waals surface area (Å²) in [6.45, 7) is 0. The Morgan fingerprint density at radius 3 is 1.79 bits per heavy atom. The highest BCUT2D eigenvalue weighted by Gasteiger charge is 2.20. The number of benzene rings is 2. The van der Waals surface area contributed by atoms with Crippen molar-refractivity contribution >= 4 is 29.1 Å². The molecular weight excluding hydrogens is 460 g/mol. The lowest BCUT2D eigenvalue weighted by Gasteiger charge is -2.03. The van der Waals surface area contributed by atoms with Gasteiger partial charge in [-0.25, -0.2) is 15.5 Å². The number of nitro groups is 2. The van der Waals surface area contributed by atoms with Crippen LogP contribution in [0.3, 0.4) is 0 Å². The average molecular weight is 478 g/mol. The number of oxime groups is 1. The van der Waals surface area contributed by atoms with Crippen LogP contribution in [-0.4, -0.2) is 52.3 Å². The zero-order valence-electron chi connectivity index (χ0n) is 17.6. The number of carbonyl (C=O) groups excluding carboxylic acids is 2. The summed E-state index contributed by atoms with van der Waals surface area (Å²) in [6, 6.07) is 8.69. The molecular formula is C18H18N6O10. The molecule has 16 nitrogen and oxygen atoms in total. The topological polar surface area (TPSA) is 268 Å². The van der Waals surface area contributed by atoms with E-state index in [1.165, 1.54) is 31.4 Å². The maximum absolute atomic E-state index is 11.2. The lowest BCUT2D eigenvalue weighted by Crippen LogP contribution is -2.16. The minimum absolute atomic E-state index is 0.00805. The van der Waals surface area contributed by atoms with Crippen LogP contribution >= 0.6 is 0 Å². The van der Waals surface area contributed by atoms with Crippen LogP contribution < -0.4 is 11.6 Å². The molecule has 2 rings (SSSR count). The Morgan fingerprint density at radius 2 is 1.41 bits per heavy atom. The van der Waals surface area contributed by atoms with Gasteiger partial charge in [-0.05, 0) is 24.3 Å². The van der Waals surface area contributed by atoms with Gasteiger partial charge in [0.25, 0.3) is 11.4 Å². The van der Waals surface area contributed by atoms with Crippen molar-refractivity contribution in [2.45, 2.75) is 0 Å². The second kappa shape index (κ2) is 14.0. The van der Waals surface area contributed by atoms with E-state index < -0.39 is 39.0 Å². The number of rotatable bonds is 5. The molecule has 0 aliphatic heterocycles. The molecule has 0 aliphatic carbocycles. The molecule has 0 bridgehead atoms. The minimum Gasteiger partial charge on any atom is -0.465 e. The summed E-state index contributed by atoms with van der Waals surface area (Å²) < 4.78 is 8.83. The van der Waals surface area contributed by atoms with Crippen molar-refractivity contribution in [2.24, 2.45) is 16.8 Å².